The number of amides is 1. The van der Waals surface area contributed by atoms with Crippen LogP contribution in [0.2, 0.25) is 0 Å². The van der Waals surface area contributed by atoms with Gasteiger partial charge in [-0.3, -0.25) is 4.79 Å². The molecule has 21 heavy (non-hydrogen) atoms. The van der Waals surface area contributed by atoms with Crippen LogP contribution in [0.3, 0.4) is 0 Å². The van der Waals surface area contributed by atoms with E-state index in [1.165, 1.54) is 0 Å². The summed E-state index contributed by atoms with van der Waals surface area (Å²) >= 11 is 0. The monoisotopic (exact) mass is 314 g/mol. The molecule has 0 heterocycles. The van der Waals surface area contributed by atoms with Crippen molar-refractivity contribution in [1.29, 1.82) is 0 Å². The Morgan fingerprint density at radius 3 is 2.43 bits per heavy atom. The number of sulfone groups is 1. The molecule has 0 unspecified atom stereocenters. The van der Waals surface area contributed by atoms with E-state index >= 15 is 0 Å². The van der Waals surface area contributed by atoms with E-state index in [4.69, 9.17) is 10.5 Å². The molecule has 0 atom stereocenters. The van der Waals surface area contributed by atoms with Gasteiger partial charge < -0.3 is 15.8 Å². The fourth-order valence-electron chi connectivity index (χ4n) is 1.77. The highest BCUT2D eigenvalue weighted by molar-refractivity contribution is 7.92. The van der Waals surface area contributed by atoms with Crippen LogP contribution < -0.4 is 15.8 Å². The first-order valence-corrected chi connectivity index (χ1v) is 8.58. The first kappa shape index (κ1) is 17.5. The van der Waals surface area contributed by atoms with Crippen molar-refractivity contribution in [2.75, 3.05) is 30.0 Å². The highest BCUT2D eigenvalue weighted by Crippen LogP contribution is 2.15. The number of anilines is 1. The number of hydrogen-bond donors (Lipinski definition) is 2. The standard InChI is InChI=1S/C14H22N2O4S/c1-11(2)9-21(18,19)10-14(17)16-12-3-5-13(6-4-12)20-8-7-15/h3-6,11H,7-10,15H2,1-2H3,(H,16,17). The number of carbonyl (C=O) groups excluding carboxylic acids is 1. The van der Waals surface area contributed by atoms with Gasteiger partial charge in [0.15, 0.2) is 9.84 Å². The van der Waals surface area contributed by atoms with Crippen LogP contribution in [-0.4, -0.2) is 39.0 Å². The third-order valence-electron chi connectivity index (χ3n) is 2.46. The Kier molecular flexibility index (Phi) is 6.64. The molecule has 0 bridgehead atoms. The molecule has 0 saturated carbocycles. The zero-order chi connectivity index (χ0) is 15.9. The lowest BCUT2D eigenvalue weighted by molar-refractivity contribution is -0.113. The van der Waals surface area contributed by atoms with Gasteiger partial charge in [-0.2, -0.15) is 0 Å². The minimum Gasteiger partial charge on any atom is -0.492 e. The Hall–Kier alpha value is -1.60. The second-order valence-electron chi connectivity index (χ2n) is 5.16. The fourth-order valence-corrected chi connectivity index (χ4v) is 3.38. The van der Waals surface area contributed by atoms with Gasteiger partial charge in [0.05, 0.1) is 5.75 Å². The molecule has 0 saturated heterocycles. The number of benzene rings is 1. The summed E-state index contributed by atoms with van der Waals surface area (Å²) in [5.41, 5.74) is 5.85. The second-order valence-corrected chi connectivity index (χ2v) is 7.27. The fraction of sp³-hybridized carbons (Fsp3) is 0.500. The summed E-state index contributed by atoms with van der Waals surface area (Å²) in [5, 5.41) is 2.56. The molecule has 0 aliphatic heterocycles. The van der Waals surface area contributed by atoms with Crippen LogP contribution in [0, 0.1) is 5.92 Å². The van der Waals surface area contributed by atoms with E-state index in [1.54, 1.807) is 38.1 Å². The lowest BCUT2D eigenvalue weighted by atomic mass is 10.3. The number of hydrogen-bond acceptors (Lipinski definition) is 5. The van der Waals surface area contributed by atoms with E-state index in [0.29, 0.717) is 24.6 Å². The highest BCUT2D eigenvalue weighted by Gasteiger charge is 2.18. The summed E-state index contributed by atoms with van der Waals surface area (Å²) < 4.78 is 28.7. The van der Waals surface area contributed by atoms with Crippen LogP contribution in [0.15, 0.2) is 24.3 Å². The van der Waals surface area contributed by atoms with Gasteiger partial charge in [0.25, 0.3) is 0 Å². The van der Waals surface area contributed by atoms with Crippen LogP contribution in [0.5, 0.6) is 5.75 Å². The third kappa shape index (κ3) is 7.10. The Bertz CT molecular complexity index is 553. The van der Waals surface area contributed by atoms with Crippen molar-refractivity contribution >= 4 is 21.4 Å². The van der Waals surface area contributed by atoms with Crippen molar-refractivity contribution in [3.05, 3.63) is 24.3 Å². The largest absolute Gasteiger partial charge is 0.492 e. The van der Waals surface area contributed by atoms with Gasteiger partial charge in [0, 0.05) is 12.2 Å². The lowest BCUT2D eigenvalue weighted by Crippen LogP contribution is -2.26. The Labute approximate surface area is 125 Å². The number of rotatable bonds is 8. The van der Waals surface area contributed by atoms with E-state index < -0.39 is 21.5 Å². The topological polar surface area (TPSA) is 98.5 Å². The molecule has 118 valence electrons. The van der Waals surface area contributed by atoms with E-state index in [2.05, 4.69) is 5.32 Å². The minimum absolute atomic E-state index is 0.00165. The van der Waals surface area contributed by atoms with Gasteiger partial charge in [-0.1, -0.05) is 13.8 Å². The zero-order valence-corrected chi connectivity index (χ0v) is 13.2. The van der Waals surface area contributed by atoms with Crippen LogP contribution in [0.1, 0.15) is 13.8 Å². The molecule has 1 amide bonds. The van der Waals surface area contributed by atoms with Gasteiger partial charge in [-0.25, -0.2) is 8.42 Å². The average Bonchev–Trinajstić information content (AvgIpc) is 2.35. The normalized spacial score (nSPS) is 11.4. The molecule has 0 aliphatic carbocycles. The zero-order valence-electron chi connectivity index (χ0n) is 12.3. The van der Waals surface area contributed by atoms with Gasteiger partial charge in [0.1, 0.15) is 18.1 Å². The Morgan fingerprint density at radius 2 is 1.90 bits per heavy atom. The van der Waals surface area contributed by atoms with Gasteiger partial charge >= 0.3 is 0 Å². The van der Waals surface area contributed by atoms with Crippen molar-refractivity contribution in [2.24, 2.45) is 11.7 Å². The average molecular weight is 314 g/mol. The summed E-state index contributed by atoms with van der Waals surface area (Å²) in [6.07, 6.45) is 0. The van der Waals surface area contributed by atoms with Crippen LogP contribution in [0.4, 0.5) is 5.69 Å². The number of nitrogens with two attached hydrogens (primary N) is 1. The van der Waals surface area contributed by atoms with Crippen molar-refractivity contribution in [3.8, 4) is 5.75 Å². The first-order chi connectivity index (χ1) is 9.82. The molecule has 7 heteroatoms. The maximum Gasteiger partial charge on any atom is 0.239 e. The maximum absolute atomic E-state index is 11.7. The van der Waals surface area contributed by atoms with Crippen molar-refractivity contribution in [3.63, 3.8) is 0 Å². The number of nitrogens with one attached hydrogen (secondary N) is 1. The molecule has 0 aromatic heterocycles. The van der Waals surface area contributed by atoms with Gasteiger partial charge in [-0.15, -0.1) is 0 Å². The van der Waals surface area contributed by atoms with Crippen molar-refractivity contribution < 1.29 is 17.9 Å². The third-order valence-corrected chi connectivity index (χ3v) is 4.34. The molecule has 0 radical (unpaired) electrons. The smallest absolute Gasteiger partial charge is 0.239 e. The predicted molar refractivity (Wildman–Crippen MR) is 83.1 cm³/mol. The van der Waals surface area contributed by atoms with E-state index in [1.807, 2.05) is 0 Å². The van der Waals surface area contributed by atoms with Crippen LogP contribution in [-0.2, 0) is 14.6 Å². The van der Waals surface area contributed by atoms with Crippen molar-refractivity contribution in [1.82, 2.24) is 0 Å². The molecular weight excluding hydrogens is 292 g/mol. The van der Waals surface area contributed by atoms with Crippen molar-refractivity contribution in [2.45, 2.75) is 13.8 Å². The summed E-state index contributed by atoms with van der Waals surface area (Å²) in [6, 6.07) is 6.68. The predicted octanol–water partition coefficient (Wildman–Crippen LogP) is 1.03. The molecule has 0 spiro atoms. The van der Waals surface area contributed by atoms with Crippen LogP contribution in [0.25, 0.3) is 0 Å². The molecule has 1 aromatic rings. The molecule has 3 N–H and O–H groups in total. The molecule has 1 rings (SSSR count). The maximum atomic E-state index is 11.7. The Morgan fingerprint density at radius 1 is 1.29 bits per heavy atom. The number of ether oxygens (including phenoxy) is 1. The summed E-state index contributed by atoms with van der Waals surface area (Å²) in [7, 11) is -3.37. The minimum atomic E-state index is -3.37. The lowest BCUT2D eigenvalue weighted by Gasteiger charge is -2.09. The number of carbonyl (C=O) groups is 1. The van der Waals surface area contributed by atoms with E-state index in [-0.39, 0.29) is 11.7 Å². The summed E-state index contributed by atoms with van der Waals surface area (Å²) in [5.74, 6) is -0.387. The molecule has 1 aromatic carbocycles. The highest BCUT2D eigenvalue weighted by atomic mass is 32.2. The first-order valence-electron chi connectivity index (χ1n) is 6.75. The van der Waals surface area contributed by atoms with Crippen LogP contribution >= 0.6 is 0 Å². The quantitative estimate of drug-likeness (QED) is 0.747. The Balaban J connectivity index is 2.55. The second kappa shape index (κ2) is 7.99. The molecule has 6 nitrogen and oxygen atoms in total. The molecule has 0 aliphatic rings. The molecular formula is C14H22N2O4S. The summed E-state index contributed by atoms with van der Waals surface area (Å²) in [4.78, 5) is 11.7. The molecule has 0 fully saturated rings. The van der Waals surface area contributed by atoms with E-state index in [0.717, 1.165) is 0 Å². The van der Waals surface area contributed by atoms with Gasteiger partial charge in [-0.05, 0) is 30.2 Å². The summed E-state index contributed by atoms with van der Waals surface area (Å²) in [6.45, 7) is 4.44. The SMILES string of the molecule is CC(C)CS(=O)(=O)CC(=O)Nc1ccc(OCCN)cc1. The van der Waals surface area contributed by atoms with E-state index in [9.17, 15) is 13.2 Å². The van der Waals surface area contributed by atoms with Gasteiger partial charge in [0.2, 0.25) is 5.91 Å².